The second-order valence-corrected chi connectivity index (χ2v) is 8.79. The maximum absolute atomic E-state index is 13.5. The summed E-state index contributed by atoms with van der Waals surface area (Å²) in [7, 11) is 0. The van der Waals surface area contributed by atoms with E-state index in [0.29, 0.717) is 24.2 Å². The fourth-order valence-electron chi connectivity index (χ4n) is 4.72. The molecule has 0 spiro atoms. The molecule has 0 bridgehead atoms. The smallest absolute Gasteiger partial charge is 0.325 e. The third-order valence-corrected chi connectivity index (χ3v) is 6.38. The first-order valence-electron chi connectivity index (χ1n) is 10.8. The summed E-state index contributed by atoms with van der Waals surface area (Å²) in [6, 6.07) is 11.0. The lowest BCUT2D eigenvalue weighted by Crippen LogP contribution is -2.49. The molecule has 0 aromatic heterocycles. The normalized spacial score (nSPS) is 23.2. The third-order valence-electron chi connectivity index (χ3n) is 6.38. The molecular formula is C24H25F2N5O. The molecule has 0 radical (unpaired) electrons. The summed E-state index contributed by atoms with van der Waals surface area (Å²) in [4.78, 5) is 23.4. The molecule has 3 heterocycles. The maximum Gasteiger partial charge on any atom is 0.329 e. The average molecular weight is 437 g/mol. The molecule has 8 heteroatoms. The number of benzene rings is 2. The van der Waals surface area contributed by atoms with Crippen molar-refractivity contribution in [1.82, 2.24) is 15.1 Å². The average Bonchev–Trinajstić information content (AvgIpc) is 3.33. The molecule has 0 aliphatic carbocycles. The first-order valence-corrected chi connectivity index (χ1v) is 10.8. The predicted octanol–water partition coefficient (Wildman–Crippen LogP) is 4.04. The Balaban J connectivity index is 1.34. The Morgan fingerprint density at radius 1 is 1.09 bits per heavy atom. The molecule has 2 unspecified atom stereocenters. The first-order chi connectivity index (χ1) is 15.4. The van der Waals surface area contributed by atoms with Crippen LogP contribution in [0.2, 0.25) is 0 Å². The van der Waals surface area contributed by atoms with Crippen LogP contribution in [-0.4, -0.2) is 41.4 Å². The van der Waals surface area contributed by atoms with E-state index in [0.717, 1.165) is 36.4 Å². The Morgan fingerprint density at radius 3 is 2.59 bits per heavy atom. The minimum absolute atomic E-state index is 0.101. The number of hydrogen-bond acceptors (Lipinski definition) is 4. The molecule has 1 saturated heterocycles. The number of amides is 2. The Bertz CT molecular complexity index is 1110. The number of amidine groups is 1. The molecule has 3 aliphatic heterocycles. The van der Waals surface area contributed by atoms with Crippen LogP contribution in [0.4, 0.5) is 19.3 Å². The fourth-order valence-corrected chi connectivity index (χ4v) is 4.72. The summed E-state index contributed by atoms with van der Waals surface area (Å²) in [5.74, 6) is 1.18. The lowest BCUT2D eigenvalue weighted by Gasteiger charge is -2.28. The Morgan fingerprint density at radius 2 is 1.84 bits per heavy atom. The van der Waals surface area contributed by atoms with Gasteiger partial charge < -0.3 is 4.90 Å². The van der Waals surface area contributed by atoms with E-state index < -0.39 is 0 Å². The van der Waals surface area contributed by atoms with Crippen LogP contribution in [0.3, 0.4) is 0 Å². The number of hydrogen-bond donors (Lipinski definition) is 1. The summed E-state index contributed by atoms with van der Waals surface area (Å²) in [6.07, 6.45) is 1.84. The van der Waals surface area contributed by atoms with Gasteiger partial charge in [-0.1, -0.05) is 19.1 Å². The Kier molecular flexibility index (Phi) is 5.17. The number of carbonyl (C=O) groups excluding carboxylic acids is 1. The van der Waals surface area contributed by atoms with E-state index in [4.69, 9.17) is 4.99 Å². The summed E-state index contributed by atoms with van der Waals surface area (Å²) < 4.78 is 26.7. The van der Waals surface area contributed by atoms with Gasteiger partial charge in [0.1, 0.15) is 24.1 Å². The topological polar surface area (TPSA) is 51.2 Å². The summed E-state index contributed by atoms with van der Waals surface area (Å²) >= 11 is 0. The largest absolute Gasteiger partial charge is 0.329 e. The van der Waals surface area contributed by atoms with E-state index >= 15 is 0 Å². The number of halogens is 2. The molecule has 3 aliphatic rings. The number of aryl methyl sites for hydroxylation is 1. The van der Waals surface area contributed by atoms with Crippen molar-refractivity contribution in [3.63, 3.8) is 0 Å². The fraction of sp³-hybridized carbons (Fsp3) is 0.333. The van der Waals surface area contributed by atoms with Gasteiger partial charge in [0.2, 0.25) is 0 Å². The van der Waals surface area contributed by atoms with E-state index in [1.807, 2.05) is 18.0 Å². The van der Waals surface area contributed by atoms with Crippen molar-refractivity contribution in [2.24, 2.45) is 16.8 Å². The summed E-state index contributed by atoms with van der Waals surface area (Å²) in [6.45, 7) is 6.72. The minimum atomic E-state index is -0.283. The lowest BCUT2D eigenvalue weighted by atomic mass is 9.96. The molecule has 1 fully saturated rings. The standard InChI is InChI=1S/C24H25F2N5O/c1-15-9-19(26)7-8-21(15)30-13-22-27-23(28-24(32)31(22)14-30)20-12-29(10-16(20)2)11-17-3-5-18(25)6-4-17/h3-9,13,16,20H,10-12,14H2,1-2H3,(H,27,28,32). The Labute approximate surface area is 185 Å². The van der Waals surface area contributed by atoms with Crippen LogP contribution in [0.25, 0.3) is 0 Å². The second-order valence-electron chi connectivity index (χ2n) is 8.79. The number of likely N-dealkylation sites (tertiary alicyclic amines) is 1. The van der Waals surface area contributed by atoms with Crippen LogP contribution < -0.4 is 10.2 Å². The van der Waals surface area contributed by atoms with E-state index in [9.17, 15) is 13.6 Å². The monoisotopic (exact) mass is 437 g/mol. The number of aliphatic imine (C=N–C) groups is 1. The third kappa shape index (κ3) is 3.86. The molecule has 0 saturated carbocycles. The number of urea groups is 1. The molecule has 2 aromatic carbocycles. The zero-order valence-electron chi connectivity index (χ0n) is 18.1. The number of anilines is 1. The molecule has 2 atom stereocenters. The SMILES string of the molecule is Cc1cc(F)ccc1N1C=C2N=C(C3CN(Cc4ccc(F)cc4)CC3C)NC(=O)N2C1. The molecule has 6 nitrogen and oxygen atoms in total. The highest BCUT2D eigenvalue weighted by Gasteiger charge is 2.39. The highest BCUT2D eigenvalue weighted by atomic mass is 19.1. The van der Waals surface area contributed by atoms with Crippen LogP contribution in [0.1, 0.15) is 18.1 Å². The molecule has 32 heavy (non-hydrogen) atoms. The van der Waals surface area contributed by atoms with Crippen molar-refractivity contribution in [2.75, 3.05) is 24.7 Å². The van der Waals surface area contributed by atoms with Crippen LogP contribution in [0.5, 0.6) is 0 Å². The summed E-state index contributed by atoms with van der Waals surface area (Å²) in [5.41, 5.74) is 2.70. The molecule has 5 rings (SSSR count). The van der Waals surface area contributed by atoms with E-state index in [-0.39, 0.29) is 23.6 Å². The van der Waals surface area contributed by atoms with Gasteiger partial charge in [0.05, 0.1) is 0 Å². The van der Waals surface area contributed by atoms with Gasteiger partial charge in [-0.3, -0.25) is 15.1 Å². The van der Waals surface area contributed by atoms with Crippen molar-refractivity contribution < 1.29 is 13.6 Å². The van der Waals surface area contributed by atoms with E-state index in [2.05, 4.69) is 17.1 Å². The number of carbonyl (C=O) groups is 1. The van der Waals surface area contributed by atoms with Gasteiger partial charge in [-0.05, 0) is 54.3 Å². The van der Waals surface area contributed by atoms with Crippen LogP contribution in [0, 0.1) is 30.4 Å². The number of rotatable bonds is 4. The molecule has 2 aromatic rings. The van der Waals surface area contributed by atoms with Gasteiger partial charge in [-0.15, -0.1) is 0 Å². The lowest BCUT2D eigenvalue weighted by molar-refractivity contribution is 0.216. The van der Waals surface area contributed by atoms with Gasteiger partial charge in [0, 0.05) is 37.4 Å². The van der Waals surface area contributed by atoms with Crippen molar-refractivity contribution in [3.05, 3.63) is 77.2 Å². The first kappa shape index (κ1) is 20.6. The van der Waals surface area contributed by atoms with Gasteiger partial charge in [0.25, 0.3) is 0 Å². The van der Waals surface area contributed by atoms with Gasteiger partial charge in [-0.25, -0.2) is 18.6 Å². The molecule has 166 valence electrons. The van der Waals surface area contributed by atoms with Crippen molar-refractivity contribution in [1.29, 1.82) is 0 Å². The maximum atomic E-state index is 13.5. The van der Waals surface area contributed by atoms with Gasteiger partial charge in [0.15, 0.2) is 5.82 Å². The van der Waals surface area contributed by atoms with Crippen LogP contribution in [-0.2, 0) is 6.54 Å². The molecular weight excluding hydrogens is 412 g/mol. The van der Waals surface area contributed by atoms with E-state index in [1.165, 1.54) is 24.3 Å². The van der Waals surface area contributed by atoms with Crippen molar-refractivity contribution in [3.8, 4) is 0 Å². The number of nitrogens with one attached hydrogen (secondary N) is 1. The highest BCUT2D eigenvalue weighted by Crippen LogP contribution is 2.32. The van der Waals surface area contributed by atoms with Gasteiger partial charge >= 0.3 is 6.03 Å². The Hall–Kier alpha value is -3.26. The van der Waals surface area contributed by atoms with Crippen LogP contribution >= 0.6 is 0 Å². The minimum Gasteiger partial charge on any atom is -0.325 e. The highest BCUT2D eigenvalue weighted by molar-refractivity contribution is 6.02. The number of nitrogens with zero attached hydrogens (tertiary/aromatic N) is 4. The molecule has 1 N–H and O–H groups in total. The van der Waals surface area contributed by atoms with E-state index in [1.54, 1.807) is 23.1 Å². The summed E-state index contributed by atoms with van der Waals surface area (Å²) in [5, 5.41) is 2.98. The molecule has 2 amide bonds. The van der Waals surface area contributed by atoms with Crippen molar-refractivity contribution >= 4 is 17.6 Å². The second kappa shape index (κ2) is 8.02. The quantitative estimate of drug-likeness (QED) is 0.786. The number of fused-ring (bicyclic) bond motifs is 1. The van der Waals surface area contributed by atoms with Crippen molar-refractivity contribution in [2.45, 2.75) is 20.4 Å². The van der Waals surface area contributed by atoms with Gasteiger partial charge in [-0.2, -0.15) is 0 Å². The predicted molar refractivity (Wildman–Crippen MR) is 119 cm³/mol. The van der Waals surface area contributed by atoms with Crippen LogP contribution in [0.15, 0.2) is 59.5 Å². The zero-order valence-corrected chi connectivity index (χ0v) is 18.1. The zero-order chi connectivity index (χ0) is 22.4.